The number of halogens is 1. The van der Waals surface area contributed by atoms with Gasteiger partial charge in [-0.05, 0) is 30.7 Å². The van der Waals surface area contributed by atoms with Crippen LogP contribution in [0.5, 0.6) is 5.75 Å². The largest absolute Gasteiger partial charge is 0.487 e. The van der Waals surface area contributed by atoms with Gasteiger partial charge >= 0.3 is 0 Å². The van der Waals surface area contributed by atoms with Crippen molar-refractivity contribution < 1.29 is 14.2 Å². The second-order valence-electron chi connectivity index (χ2n) is 7.56. The van der Waals surface area contributed by atoms with Crippen LogP contribution in [0.15, 0.2) is 41.7 Å². The van der Waals surface area contributed by atoms with Gasteiger partial charge in [0.25, 0.3) is 6.02 Å². The lowest BCUT2D eigenvalue weighted by Gasteiger charge is -2.52. The van der Waals surface area contributed by atoms with Crippen molar-refractivity contribution in [1.82, 2.24) is 4.98 Å². The van der Waals surface area contributed by atoms with Gasteiger partial charge < -0.3 is 19.9 Å². The van der Waals surface area contributed by atoms with Gasteiger partial charge in [0.1, 0.15) is 23.5 Å². The molecule has 4 heterocycles. The molecule has 3 aliphatic heterocycles. The Kier molecular flexibility index (Phi) is 3.64. The molecule has 1 spiro atoms. The van der Waals surface area contributed by atoms with Gasteiger partial charge in [-0.3, -0.25) is 4.98 Å². The number of nitrogens with two attached hydrogens (primary N) is 1. The van der Waals surface area contributed by atoms with Gasteiger partial charge in [0, 0.05) is 29.9 Å². The maximum Gasteiger partial charge on any atom is 0.283 e. The van der Waals surface area contributed by atoms with Crippen LogP contribution < -0.4 is 10.5 Å². The Balaban J connectivity index is 1.70. The minimum Gasteiger partial charge on any atom is -0.487 e. The van der Waals surface area contributed by atoms with E-state index < -0.39 is 5.54 Å². The van der Waals surface area contributed by atoms with Crippen LogP contribution in [0.3, 0.4) is 0 Å². The van der Waals surface area contributed by atoms with Gasteiger partial charge in [0.15, 0.2) is 0 Å². The van der Waals surface area contributed by atoms with Crippen LogP contribution in [0.4, 0.5) is 0 Å². The first kappa shape index (κ1) is 16.8. The van der Waals surface area contributed by atoms with Gasteiger partial charge in [-0.15, -0.1) is 0 Å². The van der Waals surface area contributed by atoms with Crippen molar-refractivity contribution in [3.8, 4) is 16.9 Å². The summed E-state index contributed by atoms with van der Waals surface area (Å²) in [5.74, 6) is 0.830. The fourth-order valence-electron chi connectivity index (χ4n) is 4.50. The maximum absolute atomic E-state index is 6.47. The monoisotopic (exact) mass is 385 g/mol. The highest BCUT2D eigenvalue weighted by molar-refractivity contribution is 6.30. The van der Waals surface area contributed by atoms with Crippen molar-refractivity contribution in [3.63, 3.8) is 0 Å². The van der Waals surface area contributed by atoms with Crippen LogP contribution >= 0.6 is 11.6 Å². The van der Waals surface area contributed by atoms with E-state index in [0.29, 0.717) is 24.8 Å². The smallest absolute Gasteiger partial charge is 0.283 e. The van der Waals surface area contributed by atoms with Crippen LogP contribution in [0.1, 0.15) is 18.9 Å². The maximum atomic E-state index is 6.47. The minimum atomic E-state index is -0.616. The van der Waals surface area contributed by atoms with E-state index in [-0.39, 0.29) is 17.5 Å². The summed E-state index contributed by atoms with van der Waals surface area (Å²) in [4.78, 5) is 8.97. The predicted octanol–water partition coefficient (Wildman–Crippen LogP) is 3.13. The van der Waals surface area contributed by atoms with Gasteiger partial charge in [-0.2, -0.15) is 0 Å². The number of aromatic nitrogens is 1. The summed E-state index contributed by atoms with van der Waals surface area (Å²) in [6.45, 7) is 3.74. The molecule has 2 N–H and O–H groups in total. The number of rotatable bonds is 1. The van der Waals surface area contributed by atoms with Crippen molar-refractivity contribution in [1.29, 1.82) is 0 Å². The summed E-state index contributed by atoms with van der Waals surface area (Å²) in [5, 5.41) is 0.593. The molecule has 5 rings (SSSR count). The number of ether oxygens (including phenoxy) is 3. The second-order valence-corrected chi connectivity index (χ2v) is 7.99. The zero-order valence-corrected chi connectivity index (χ0v) is 15.7. The predicted molar refractivity (Wildman–Crippen MR) is 102 cm³/mol. The number of hydrogen-bond acceptors (Lipinski definition) is 6. The fraction of sp³-hybridized carbons (Fsp3) is 0.400. The van der Waals surface area contributed by atoms with E-state index in [0.717, 1.165) is 28.9 Å². The molecule has 2 aromatic rings. The van der Waals surface area contributed by atoms with Crippen LogP contribution in [0.25, 0.3) is 11.1 Å². The number of hydrogen-bond donors (Lipinski definition) is 1. The molecule has 27 heavy (non-hydrogen) atoms. The minimum absolute atomic E-state index is 0.0139. The van der Waals surface area contributed by atoms with E-state index in [1.54, 1.807) is 12.4 Å². The normalized spacial score (nSPS) is 31.5. The van der Waals surface area contributed by atoms with E-state index in [4.69, 9.17) is 36.5 Å². The van der Waals surface area contributed by atoms with Crippen molar-refractivity contribution >= 4 is 17.6 Å². The van der Waals surface area contributed by atoms with E-state index in [1.807, 2.05) is 18.2 Å². The molecule has 0 unspecified atom stereocenters. The molecular weight excluding hydrogens is 366 g/mol. The summed E-state index contributed by atoms with van der Waals surface area (Å²) in [7, 11) is 0. The van der Waals surface area contributed by atoms with Crippen LogP contribution in [0.2, 0.25) is 5.02 Å². The Morgan fingerprint density at radius 1 is 1.22 bits per heavy atom. The number of pyridine rings is 1. The average molecular weight is 386 g/mol. The molecule has 0 amide bonds. The summed E-state index contributed by atoms with van der Waals surface area (Å²) in [6, 6.07) is 8.21. The Morgan fingerprint density at radius 3 is 2.89 bits per heavy atom. The van der Waals surface area contributed by atoms with Crippen LogP contribution in [0, 0.1) is 5.92 Å². The first-order chi connectivity index (χ1) is 13.0. The third-order valence-electron chi connectivity index (χ3n) is 5.92. The number of fused-ring (bicyclic) bond motifs is 4. The van der Waals surface area contributed by atoms with Gasteiger partial charge in [0.05, 0.1) is 24.2 Å². The summed E-state index contributed by atoms with van der Waals surface area (Å²) in [5.41, 5.74) is 7.85. The quantitative estimate of drug-likeness (QED) is 0.815. The molecule has 0 aliphatic carbocycles. The SMILES string of the molecule is C[C@@]12CCOC[C@H]1[C@@]1(COC(N)=N1)c1cc(-c3cncc(Cl)c3)ccc1O2. The highest BCUT2D eigenvalue weighted by atomic mass is 35.5. The number of benzene rings is 1. The van der Waals surface area contributed by atoms with Crippen LogP contribution in [-0.4, -0.2) is 36.4 Å². The van der Waals surface area contributed by atoms with E-state index in [9.17, 15) is 0 Å². The zero-order valence-electron chi connectivity index (χ0n) is 14.9. The highest BCUT2D eigenvalue weighted by Gasteiger charge is 2.59. The van der Waals surface area contributed by atoms with E-state index in [2.05, 4.69) is 18.0 Å². The molecule has 1 saturated heterocycles. The standard InChI is InChI=1S/C20H20ClN3O3/c1-19-4-5-25-10-17(19)20(11-26-18(22)24-20)15-7-12(2-3-16(15)27-19)13-6-14(21)9-23-8-13/h2-3,6-9,17H,4-5,10-11H2,1H3,(H2,22,24)/t17-,19-,20-/m1/s1. The summed E-state index contributed by atoms with van der Waals surface area (Å²) < 4.78 is 17.9. The molecule has 6 nitrogen and oxygen atoms in total. The Hall–Kier alpha value is -2.31. The molecule has 1 fully saturated rings. The lowest BCUT2D eigenvalue weighted by molar-refractivity contribution is -0.129. The second kappa shape index (κ2) is 5.84. The molecule has 0 radical (unpaired) electrons. The molecule has 3 aliphatic rings. The molecule has 140 valence electrons. The number of amidine groups is 1. The lowest BCUT2D eigenvalue weighted by Crippen LogP contribution is -2.59. The first-order valence-corrected chi connectivity index (χ1v) is 9.38. The van der Waals surface area contributed by atoms with Gasteiger partial charge in [0.2, 0.25) is 0 Å². The molecule has 1 aromatic heterocycles. The third kappa shape index (κ3) is 2.51. The molecular formula is C20H20ClN3O3. The Morgan fingerprint density at radius 2 is 2.11 bits per heavy atom. The van der Waals surface area contributed by atoms with Gasteiger partial charge in [-0.1, -0.05) is 17.7 Å². The van der Waals surface area contributed by atoms with Crippen LogP contribution in [-0.2, 0) is 15.0 Å². The van der Waals surface area contributed by atoms with Crippen molar-refractivity contribution in [3.05, 3.63) is 47.2 Å². The Labute approximate surface area is 162 Å². The van der Waals surface area contributed by atoms with Crippen molar-refractivity contribution in [2.45, 2.75) is 24.5 Å². The molecule has 0 bridgehead atoms. The summed E-state index contributed by atoms with van der Waals surface area (Å²) in [6.07, 6.45) is 4.21. The molecule has 1 aromatic carbocycles. The van der Waals surface area contributed by atoms with Gasteiger partial charge in [-0.25, -0.2) is 4.99 Å². The first-order valence-electron chi connectivity index (χ1n) is 9.01. The topological polar surface area (TPSA) is 79.0 Å². The average Bonchev–Trinajstić information content (AvgIpc) is 3.04. The molecule has 3 atom stereocenters. The zero-order chi connectivity index (χ0) is 18.6. The fourth-order valence-corrected chi connectivity index (χ4v) is 4.67. The molecule has 7 heteroatoms. The molecule has 0 saturated carbocycles. The third-order valence-corrected chi connectivity index (χ3v) is 6.12. The van der Waals surface area contributed by atoms with Crippen molar-refractivity contribution in [2.75, 3.05) is 19.8 Å². The van der Waals surface area contributed by atoms with E-state index >= 15 is 0 Å². The highest BCUT2D eigenvalue weighted by Crippen LogP contribution is 2.54. The van der Waals surface area contributed by atoms with E-state index in [1.165, 1.54) is 0 Å². The lowest BCUT2D eigenvalue weighted by atomic mass is 9.66. The Bertz CT molecular complexity index is 950. The number of aliphatic imine (C=N–C) groups is 1. The van der Waals surface area contributed by atoms with Crippen molar-refractivity contribution in [2.24, 2.45) is 16.6 Å². The number of nitrogens with zero attached hydrogens (tertiary/aromatic N) is 2. The summed E-state index contributed by atoms with van der Waals surface area (Å²) >= 11 is 6.13.